The van der Waals surface area contributed by atoms with Crippen molar-refractivity contribution in [3.8, 4) is 11.7 Å². The second-order valence-electron chi connectivity index (χ2n) is 4.68. The van der Waals surface area contributed by atoms with Crippen LogP contribution in [-0.2, 0) is 6.67 Å². The van der Waals surface area contributed by atoms with Crippen molar-refractivity contribution in [1.82, 2.24) is 14.3 Å². The Labute approximate surface area is 140 Å². The number of thiazole rings is 1. The average molecular weight is 394 g/mol. The fourth-order valence-corrected chi connectivity index (χ4v) is 3.40. The summed E-state index contributed by atoms with van der Waals surface area (Å²) < 4.78 is 14.3. The average Bonchev–Trinajstić information content (AvgIpc) is 3.19. The predicted molar refractivity (Wildman–Crippen MR) is 87.6 cm³/mol. The van der Waals surface area contributed by atoms with Crippen molar-refractivity contribution in [3.05, 3.63) is 61.3 Å². The molecule has 4 aromatic rings. The molecule has 0 spiro atoms. The Morgan fingerprint density at radius 3 is 2.74 bits per heavy atom. The van der Waals surface area contributed by atoms with E-state index < -0.39 is 5.76 Å². The third-order valence-electron chi connectivity index (χ3n) is 3.24. The smallest absolute Gasteiger partial charge is 0.439 e. The minimum Gasteiger partial charge on any atom is -0.444 e. The molecule has 0 aliphatic rings. The molecule has 0 atom stereocenters. The van der Waals surface area contributed by atoms with Gasteiger partial charge in [-0.2, -0.15) is 4.68 Å². The maximum Gasteiger partial charge on any atom is 0.439 e. The summed E-state index contributed by atoms with van der Waals surface area (Å²) in [7, 11) is 0. The first-order chi connectivity index (χ1) is 11.1. The number of rotatable bonds is 3. The molecule has 3 aromatic heterocycles. The van der Waals surface area contributed by atoms with Crippen molar-refractivity contribution in [1.29, 1.82) is 0 Å². The lowest BCUT2D eigenvalue weighted by Gasteiger charge is -2.01. The van der Waals surface area contributed by atoms with Gasteiger partial charge in [0.15, 0.2) is 10.4 Å². The first-order valence-corrected chi connectivity index (χ1v) is 8.15. The molecule has 0 bridgehead atoms. The molecule has 7 nitrogen and oxygen atoms in total. The summed E-state index contributed by atoms with van der Waals surface area (Å²) in [6, 6.07) is 10.7. The van der Waals surface area contributed by atoms with Crippen molar-refractivity contribution >= 4 is 37.5 Å². The molecule has 1 aromatic carbocycles. The zero-order valence-electron chi connectivity index (χ0n) is 11.4. The van der Waals surface area contributed by atoms with Gasteiger partial charge in [0.2, 0.25) is 0 Å². The highest BCUT2D eigenvalue weighted by Gasteiger charge is 2.15. The van der Waals surface area contributed by atoms with Gasteiger partial charge in [-0.05, 0) is 40.2 Å². The number of benzene rings is 1. The van der Waals surface area contributed by atoms with E-state index in [-0.39, 0.29) is 17.4 Å². The third kappa shape index (κ3) is 2.47. The molecule has 23 heavy (non-hydrogen) atoms. The third-order valence-corrected chi connectivity index (χ3v) is 4.63. The summed E-state index contributed by atoms with van der Waals surface area (Å²) >= 11 is 4.29. The molecule has 0 fully saturated rings. The number of furan rings is 1. The normalized spacial score (nSPS) is 11.3. The van der Waals surface area contributed by atoms with E-state index in [0.29, 0.717) is 10.4 Å². The monoisotopic (exact) mass is 393 g/mol. The largest absolute Gasteiger partial charge is 0.444 e. The first-order valence-electron chi connectivity index (χ1n) is 6.54. The SMILES string of the molecule is O=c1oc(-c2ccc(Br)o2)nn1Cn1c(=O)sc2ccccc21. The highest BCUT2D eigenvalue weighted by atomic mass is 79.9. The van der Waals surface area contributed by atoms with E-state index in [1.165, 1.54) is 4.57 Å². The standard InChI is InChI=1S/C14H8BrN3O4S/c15-11-6-5-9(21-11)12-16-18(13(19)22-12)7-17-8-3-1-2-4-10(8)23-14(17)20/h1-6H,7H2. The van der Waals surface area contributed by atoms with Crippen LogP contribution in [0.1, 0.15) is 0 Å². The minimum atomic E-state index is -0.658. The minimum absolute atomic E-state index is 0.0208. The van der Waals surface area contributed by atoms with Gasteiger partial charge < -0.3 is 8.83 Å². The van der Waals surface area contributed by atoms with Gasteiger partial charge in [0.05, 0.1) is 10.2 Å². The molecule has 0 radical (unpaired) electrons. The van der Waals surface area contributed by atoms with Crippen molar-refractivity contribution in [2.45, 2.75) is 6.67 Å². The molecule has 0 unspecified atom stereocenters. The summed E-state index contributed by atoms with van der Waals surface area (Å²) in [5, 5.41) is 4.08. The van der Waals surface area contributed by atoms with Crippen molar-refractivity contribution in [2.75, 3.05) is 0 Å². The molecule has 9 heteroatoms. The summed E-state index contributed by atoms with van der Waals surface area (Å²) in [6.45, 7) is -0.0208. The van der Waals surface area contributed by atoms with E-state index in [1.54, 1.807) is 12.1 Å². The van der Waals surface area contributed by atoms with Gasteiger partial charge in [-0.1, -0.05) is 23.5 Å². The Morgan fingerprint density at radius 1 is 1.13 bits per heavy atom. The molecule has 3 heterocycles. The van der Waals surface area contributed by atoms with Crippen LogP contribution in [0.3, 0.4) is 0 Å². The molecule has 0 amide bonds. The van der Waals surface area contributed by atoms with Gasteiger partial charge in [0, 0.05) is 0 Å². The van der Waals surface area contributed by atoms with Crippen LogP contribution >= 0.6 is 27.3 Å². The van der Waals surface area contributed by atoms with Gasteiger partial charge in [-0.25, -0.2) is 4.79 Å². The highest BCUT2D eigenvalue weighted by Crippen LogP contribution is 2.22. The fraction of sp³-hybridized carbons (Fsp3) is 0.0714. The Balaban J connectivity index is 1.77. The van der Waals surface area contributed by atoms with Gasteiger partial charge in [-0.3, -0.25) is 9.36 Å². The lowest BCUT2D eigenvalue weighted by atomic mass is 10.3. The van der Waals surface area contributed by atoms with Crippen LogP contribution in [-0.4, -0.2) is 14.3 Å². The second kappa shape index (κ2) is 5.36. The molecular weight excluding hydrogens is 386 g/mol. The molecule has 116 valence electrons. The van der Waals surface area contributed by atoms with Crippen LogP contribution in [0.15, 0.2) is 59.5 Å². The summed E-state index contributed by atoms with van der Waals surface area (Å²) in [5.74, 6) is -0.266. The number of hydrogen-bond donors (Lipinski definition) is 0. The van der Waals surface area contributed by atoms with Crippen LogP contribution < -0.4 is 10.6 Å². The number of para-hydroxylation sites is 1. The van der Waals surface area contributed by atoms with Gasteiger partial charge in [0.1, 0.15) is 6.67 Å². The lowest BCUT2D eigenvalue weighted by Crippen LogP contribution is -2.25. The lowest BCUT2D eigenvalue weighted by molar-refractivity contribution is 0.454. The number of aromatic nitrogens is 3. The topological polar surface area (TPSA) is 83.2 Å². The Morgan fingerprint density at radius 2 is 1.96 bits per heavy atom. The molecule has 0 aliphatic heterocycles. The number of fused-ring (bicyclic) bond motifs is 1. The van der Waals surface area contributed by atoms with E-state index in [9.17, 15) is 9.59 Å². The first kappa shape index (κ1) is 14.2. The van der Waals surface area contributed by atoms with Crippen molar-refractivity contribution in [3.63, 3.8) is 0 Å². The molecule has 0 aliphatic carbocycles. The van der Waals surface area contributed by atoms with Gasteiger partial charge in [0.25, 0.3) is 5.89 Å². The predicted octanol–water partition coefficient (Wildman–Crippen LogP) is 2.74. The molecule has 0 saturated heterocycles. The Bertz CT molecular complexity index is 1120. The number of hydrogen-bond acceptors (Lipinski definition) is 6. The maximum atomic E-state index is 12.1. The van der Waals surface area contributed by atoms with Crippen LogP contribution in [0.2, 0.25) is 0 Å². The molecular formula is C14H8BrN3O4S. The Kier molecular flexibility index (Phi) is 3.31. The van der Waals surface area contributed by atoms with E-state index >= 15 is 0 Å². The zero-order valence-corrected chi connectivity index (χ0v) is 13.8. The van der Waals surface area contributed by atoms with E-state index in [2.05, 4.69) is 21.0 Å². The van der Waals surface area contributed by atoms with Gasteiger partial charge >= 0.3 is 10.6 Å². The van der Waals surface area contributed by atoms with E-state index in [1.807, 2.05) is 24.3 Å². The number of halogens is 1. The van der Waals surface area contributed by atoms with Gasteiger partial charge in [-0.15, -0.1) is 5.10 Å². The fourth-order valence-electron chi connectivity index (χ4n) is 2.21. The quantitative estimate of drug-likeness (QED) is 0.534. The summed E-state index contributed by atoms with van der Waals surface area (Å²) in [5.41, 5.74) is 0.750. The maximum absolute atomic E-state index is 12.1. The van der Waals surface area contributed by atoms with Crippen LogP contribution in [0, 0.1) is 0 Å². The summed E-state index contributed by atoms with van der Waals surface area (Å²) in [6.07, 6.45) is 0. The van der Waals surface area contributed by atoms with Crippen molar-refractivity contribution in [2.24, 2.45) is 0 Å². The Hall–Kier alpha value is -2.39. The van der Waals surface area contributed by atoms with Crippen LogP contribution in [0.4, 0.5) is 0 Å². The molecule has 4 rings (SSSR count). The highest BCUT2D eigenvalue weighted by molar-refractivity contribution is 9.10. The number of nitrogens with zero attached hydrogens (tertiary/aromatic N) is 3. The van der Waals surface area contributed by atoms with Crippen LogP contribution in [0.5, 0.6) is 0 Å². The molecule has 0 N–H and O–H groups in total. The zero-order chi connectivity index (χ0) is 16.0. The molecule has 0 saturated carbocycles. The van der Waals surface area contributed by atoms with Crippen LogP contribution in [0.25, 0.3) is 21.9 Å². The van der Waals surface area contributed by atoms with Crippen molar-refractivity contribution < 1.29 is 8.83 Å². The summed E-state index contributed by atoms with van der Waals surface area (Å²) in [4.78, 5) is 23.9. The van der Waals surface area contributed by atoms with E-state index in [0.717, 1.165) is 26.2 Å². The second-order valence-corrected chi connectivity index (χ2v) is 6.46. The van der Waals surface area contributed by atoms with E-state index in [4.69, 9.17) is 8.83 Å².